The first-order chi connectivity index (χ1) is 14.3. The van der Waals surface area contributed by atoms with Crippen molar-refractivity contribution in [2.75, 3.05) is 37.5 Å². The summed E-state index contributed by atoms with van der Waals surface area (Å²) in [6.45, 7) is 2.50. The van der Waals surface area contributed by atoms with Gasteiger partial charge in [-0.3, -0.25) is 4.98 Å². The molecular formula is C21H22N4O3S. The summed E-state index contributed by atoms with van der Waals surface area (Å²) in [5.74, 6) is 1.75. The number of anilines is 1. The van der Waals surface area contributed by atoms with Crippen LogP contribution in [0.4, 0.5) is 5.82 Å². The van der Waals surface area contributed by atoms with Gasteiger partial charge in [0.2, 0.25) is 0 Å². The summed E-state index contributed by atoms with van der Waals surface area (Å²) in [5.41, 5.74) is 0. The Morgan fingerprint density at radius 3 is 2.69 bits per heavy atom. The zero-order chi connectivity index (χ0) is 19.6. The summed E-state index contributed by atoms with van der Waals surface area (Å²) in [5, 5.41) is 2.88. The van der Waals surface area contributed by atoms with E-state index in [2.05, 4.69) is 19.9 Å². The van der Waals surface area contributed by atoms with Gasteiger partial charge in [0.1, 0.15) is 29.9 Å². The molecule has 0 radical (unpaired) electrons. The van der Waals surface area contributed by atoms with E-state index in [1.807, 2.05) is 42.8 Å². The van der Waals surface area contributed by atoms with Crippen LogP contribution in [0, 0.1) is 0 Å². The number of pyridine rings is 1. The highest BCUT2D eigenvalue weighted by molar-refractivity contribution is 7.98. The number of hydrogen-bond donors (Lipinski definition) is 0. The molecule has 2 aliphatic heterocycles. The molecule has 7 nitrogen and oxygen atoms in total. The Hall–Kier alpha value is -2.42. The molecule has 8 heteroatoms. The van der Waals surface area contributed by atoms with Crippen LogP contribution in [0.1, 0.15) is 0 Å². The fourth-order valence-electron chi connectivity index (χ4n) is 3.81. The average Bonchev–Trinajstić information content (AvgIpc) is 3.10. The lowest BCUT2D eigenvalue weighted by Crippen LogP contribution is -2.30. The van der Waals surface area contributed by atoms with E-state index >= 15 is 0 Å². The van der Waals surface area contributed by atoms with Crippen LogP contribution >= 0.6 is 11.8 Å². The number of rotatable bonds is 4. The van der Waals surface area contributed by atoms with Gasteiger partial charge in [-0.15, -0.1) is 0 Å². The lowest BCUT2D eigenvalue weighted by Gasteiger charge is -2.20. The number of thioether (sulfide) groups is 1. The zero-order valence-electron chi connectivity index (χ0n) is 16.1. The van der Waals surface area contributed by atoms with Crippen molar-refractivity contribution in [2.45, 2.75) is 23.5 Å². The average molecular weight is 410 g/mol. The van der Waals surface area contributed by atoms with E-state index in [0.29, 0.717) is 13.2 Å². The minimum atomic E-state index is -0.144. The SMILES string of the molecule is CSc1nccc(N2C[C@@H]3OCC(Oc4cccc5cnccc45)CO[C@H]3C2)n1. The standard InChI is InChI=1S/C21H22N4O3S/c1-29-21-23-8-6-20(24-21)25-10-18-19(11-25)27-13-15(12-26-18)28-17-4-2-3-14-9-22-7-5-16(14)17/h2-9,15,18-19H,10-13H2,1H3/t18-,19-/m0/s1. The van der Waals surface area contributed by atoms with Crippen LogP contribution in [0.5, 0.6) is 5.75 Å². The van der Waals surface area contributed by atoms with Gasteiger partial charge in [0, 0.05) is 42.5 Å². The molecule has 0 saturated carbocycles. The first kappa shape index (κ1) is 18.6. The van der Waals surface area contributed by atoms with E-state index in [4.69, 9.17) is 14.2 Å². The highest BCUT2D eigenvalue weighted by Gasteiger charge is 2.38. The van der Waals surface area contributed by atoms with Crippen LogP contribution in [-0.2, 0) is 9.47 Å². The van der Waals surface area contributed by atoms with Gasteiger partial charge in [-0.05, 0) is 24.5 Å². The molecule has 2 fully saturated rings. The summed E-state index contributed by atoms with van der Waals surface area (Å²) < 4.78 is 18.6. The molecule has 1 aromatic carbocycles. The normalized spacial score (nSPS) is 22.4. The number of fused-ring (bicyclic) bond motifs is 2. The van der Waals surface area contributed by atoms with E-state index < -0.39 is 0 Å². The summed E-state index contributed by atoms with van der Waals surface area (Å²) >= 11 is 1.54. The maximum atomic E-state index is 6.24. The molecule has 3 aromatic rings. The Bertz CT molecular complexity index is 983. The summed E-state index contributed by atoms with van der Waals surface area (Å²) in [6, 6.07) is 9.90. The van der Waals surface area contributed by atoms with Crippen molar-refractivity contribution < 1.29 is 14.2 Å². The molecule has 2 aliphatic rings. The van der Waals surface area contributed by atoms with Crippen LogP contribution < -0.4 is 9.64 Å². The van der Waals surface area contributed by atoms with E-state index in [-0.39, 0.29) is 18.3 Å². The zero-order valence-corrected chi connectivity index (χ0v) is 16.9. The lowest BCUT2D eigenvalue weighted by molar-refractivity contribution is -0.00461. The molecule has 150 valence electrons. The van der Waals surface area contributed by atoms with Crippen molar-refractivity contribution in [2.24, 2.45) is 0 Å². The molecule has 2 atom stereocenters. The van der Waals surface area contributed by atoms with Crippen molar-refractivity contribution in [3.05, 3.63) is 48.9 Å². The second-order valence-corrected chi connectivity index (χ2v) is 7.92. The highest BCUT2D eigenvalue weighted by Crippen LogP contribution is 2.28. The minimum Gasteiger partial charge on any atom is -0.485 e. The number of aromatic nitrogens is 3. The lowest BCUT2D eigenvalue weighted by atomic mass is 10.1. The quantitative estimate of drug-likeness (QED) is 0.480. The molecule has 2 saturated heterocycles. The molecule has 0 aliphatic carbocycles. The van der Waals surface area contributed by atoms with Crippen LogP contribution in [0.25, 0.3) is 10.8 Å². The largest absolute Gasteiger partial charge is 0.485 e. The monoisotopic (exact) mass is 410 g/mol. The molecule has 0 spiro atoms. The van der Waals surface area contributed by atoms with Crippen LogP contribution in [-0.4, -0.2) is 65.8 Å². The number of benzene rings is 1. The third kappa shape index (κ3) is 3.88. The van der Waals surface area contributed by atoms with Gasteiger partial charge in [0.05, 0.1) is 13.2 Å². The van der Waals surface area contributed by atoms with Crippen molar-refractivity contribution in [1.29, 1.82) is 0 Å². The van der Waals surface area contributed by atoms with E-state index in [0.717, 1.165) is 40.6 Å². The minimum absolute atomic E-state index is 0.00742. The highest BCUT2D eigenvalue weighted by atomic mass is 32.2. The van der Waals surface area contributed by atoms with Crippen molar-refractivity contribution in [1.82, 2.24) is 15.0 Å². The molecule has 2 aromatic heterocycles. The van der Waals surface area contributed by atoms with Gasteiger partial charge in [-0.25, -0.2) is 9.97 Å². The molecule has 0 amide bonds. The van der Waals surface area contributed by atoms with E-state index in [9.17, 15) is 0 Å². The van der Waals surface area contributed by atoms with Crippen LogP contribution in [0.2, 0.25) is 0 Å². The van der Waals surface area contributed by atoms with Gasteiger partial charge in [0.25, 0.3) is 0 Å². The second-order valence-electron chi connectivity index (χ2n) is 7.14. The Kier molecular flexibility index (Phi) is 5.22. The summed E-state index contributed by atoms with van der Waals surface area (Å²) in [6.07, 6.45) is 7.27. The topological polar surface area (TPSA) is 69.6 Å². The van der Waals surface area contributed by atoms with Crippen molar-refractivity contribution in [3.63, 3.8) is 0 Å². The van der Waals surface area contributed by atoms with Crippen molar-refractivity contribution >= 4 is 28.4 Å². The molecule has 0 N–H and O–H groups in total. The molecular weight excluding hydrogens is 388 g/mol. The van der Waals surface area contributed by atoms with Crippen molar-refractivity contribution in [3.8, 4) is 5.75 Å². The maximum Gasteiger partial charge on any atom is 0.189 e. The summed E-state index contributed by atoms with van der Waals surface area (Å²) in [7, 11) is 0. The van der Waals surface area contributed by atoms with Crippen LogP contribution in [0.15, 0.2) is 54.1 Å². The molecule has 4 heterocycles. The predicted molar refractivity (Wildman–Crippen MR) is 112 cm³/mol. The Morgan fingerprint density at radius 2 is 1.90 bits per heavy atom. The first-order valence-corrected chi connectivity index (χ1v) is 10.9. The fourth-order valence-corrected chi connectivity index (χ4v) is 4.16. The molecule has 0 unspecified atom stereocenters. The number of hydrogen-bond acceptors (Lipinski definition) is 8. The van der Waals surface area contributed by atoms with E-state index in [1.165, 1.54) is 0 Å². The van der Waals surface area contributed by atoms with Gasteiger partial charge in [0.15, 0.2) is 5.16 Å². The van der Waals surface area contributed by atoms with Gasteiger partial charge >= 0.3 is 0 Å². The fraction of sp³-hybridized carbons (Fsp3) is 0.381. The number of nitrogens with zero attached hydrogens (tertiary/aromatic N) is 4. The maximum absolute atomic E-state index is 6.24. The predicted octanol–water partition coefficient (Wildman–Crippen LogP) is 2.80. The smallest absolute Gasteiger partial charge is 0.189 e. The second kappa shape index (κ2) is 8.14. The van der Waals surface area contributed by atoms with E-state index in [1.54, 1.807) is 24.2 Å². The van der Waals surface area contributed by atoms with Crippen LogP contribution in [0.3, 0.4) is 0 Å². The molecule has 29 heavy (non-hydrogen) atoms. The molecule has 5 rings (SSSR count). The Morgan fingerprint density at radius 1 is 1.07 bits per heavy atom. The molecule has 0 bridgehead atoms. The van der Waals surface area contributed by atoms with Gasteiger partial charge in [-0.1, -0.05) is 23.9 Å². The third-order valence-corrected chi connectivity index (χ3v) is 5.83. The number of ether oxygens (including phenoxy) is 3. The van der Waals surface area contributed by atoms with Gasteiger partial charge < -0.3 is 19.1 Å². The Labute approximate surface area is 173 Å². The van der Waals surface area contributed by atoms with Gasteiger partial charge in [-0.2, -0.15) is 0 Å². The summed E-state index contributed by atoms with van der Waals surface area (Å²) in [4.78, 5) is 15.2. The Balaban J connectivity index is 1.25. The first-order valence-electron chi connectivity index (χ1n) is 9.65. The third-order valence-electron chi connectivity index (χ3n) is 5.27.